The molecule has 0 saturated carbocycles. The molecule has 0 N–H and O–H groups in total. The van der Waals surface area contributed by atoms with Crippen molar-refractivity contribution in [3.8, 4) is 0 Å². The molecular formula is C13H18S. The first-order valence-electron chi connectivity index (χ1n) is 5.14. The highest BCUT2D eigenvalue weighted by atomic mass is 32.2. The molecule has 1 rings (SSSR count). The predicted molar refractivity (Wildman–Crippen MR) is 67.6 cm³/mol. The van der Waals surface area contributed by atoms with Gasteiger partial charge >= 0.3 is 0 Å². The summed E-state index contributed by atoms with van der Waals surface area (Å²) in [5, 5.41) is 0. The predicted octanol–water partition coefficient (Wildman–Crippen LogP) is 4.50. The van der Waals surface area contributed by atoms with Crippen LogP contribution in [0.3, 0.4) is 0 Å². The van der Waals surface area contributed by atoms with E-state index in [1.807, 2.05) is 11.8 Å². The molecule has 0 bridgehead atoms. The molecule has 0 radical (unpaired) electrons. The topological polar surface area (TPSA) is 0 Å². The van der Waals surface area contributed by atoms with Crippen LogP contribution in [0.4, 0.5) is 0 Å². The Kier molecular flexibility index (Phi) is 4.81. The van der Waals surface area contributed by atoms with E-state index in [1.165, 1.54) is 28.2 Å². The van der Waals surface area contributed by atoms with Gasteiger partial charge in [0, 0.05) is 4.91 Å². The zero-order chi connectivity index (χ0) is 10.4. The quantitative estimate of drug-likeness (QED) is 0.699. The average Bonchev–Trinajstić information content (AvgIpc) is 2.21. The van der Waals surface area contributed by atoms with Crippen molar-refractivity contribution in [2.45, 2.75) is 27.2 Å². The van der Waals surface area contributed by atoms with Crippen molar-refractivity contribution in [3.63, 3.8) is 0 Å². The molecule has 0 aliphatic rings. The lowest BCUT2D eigenvalue weighted by Gasteiger charge is -2.06. The minimum absolute atomic E-state index is 1.20. The summed E-state index contributed by atoms with van der Waals surface area (Å²) in [7, 11) is 0. The van der Waals surface area contributed by atoms with Crippen molar-refractivity contribution in [3.05, 3.63) is 41.5 Å². The van der Waals surface area contributed by atoms with Gasteiger partial charge in [0.1, 0.15) is 0 Å². The van der Waals surface area contributed by atoms with Gasteiger partial charge in [-0.25, -0.2) is 0 Å². The number of rotatable bonds is 4. The average molecular weight is 206 g/mol. The molecule has 0 saturated heterocycles. The number of aryl methyl sites for hydroxylation is 1. The van der Waals surface area contributed by atoms with Crippen LogP contribution in [0, 0.1) is 6.92 Å². The molecular weight excluding hydrogens is 188 g/mol. The van der Waals surface area contributed by atoms with Gasteiger partial charge in [-0.15, -0.1) is 11.8 Å². The highest BCUT2D eigenvalue weighted by molar-refractivity contribution is 8.08. The second kappa shape index (κ2) is 5.92. The summed E-state index contributed by atoms with van der Waals surface area (Å²) in [4.78, 5) is 1.40. The SMILES string of the molecule is C/C=C(\SCCC)c1ccc(C)cc1. The van der Waals surface area contributed by atoms with Crippen LogP contribution in [0.25, 0.3) is 4.91 Å². The molecule has 0 aliphatic carbocycles. The van der Waals surface area contributed by atoms with Crippen molar-refractivity contribution in [2.75, 3.05) is 5.75 Å². The van der Waals surface area contributed by atoms with Gasteiger partial charge in [-0.2, -0.15) is 0 Å². The summed E-state index contributed by atoms with van der Waals surface area (Å²) in [5.74, 6) is 1.20. The molecule has 0 fully saturated rings. The van der Waals surface area contributed by atoms with Crippen LogP contribution in [0.15, 0.2) is 30.3 Å². The third-order valence-electron chi connectivity index (χ3n) is 2.06. The number of allylic oxidation sites excluding steroid dienone is 1. The second-order valence-electron chi connectivity index (χ2n) is 3.37. The van der Waals surface area contributed by atoms with Gasteiger partial charge in [-0.05, 0) is 31.6 Å². The van der Waals surface area contributed by atoms with Crippen LogP contribution in [0.1, 0.15) is 31.4 Å². The lowest BCUT2D eigenvalue weighted by atomic mass is 10.1. The zero-order valence-corrected chi connectivity index (χ0v) is 10.0. The molecule has 1 aromatic rings. The normalized spacial score (nSPS) is 11.8. The summed E-state index contributed by atoms with van der Waals surface area (Å²) < 4.78 is 0. The maximum Gasteiger partial charge on any atom is 0.0102 e. The molecule has 0 spiro atoms. The Morgan fingerprint density at radius 1 is 1.29 bits per heavy atom. The molecule has 0 aromatic heterocycles. The Hall–Kier alpha value is -0.690. The molecule has 1 aromatic carbocycles. The van der Waals surface area contributed by atoms with Crippen LogP contribution in [-0.2, 0) is 0 Å². The van der Waals surface area contributed by atoms with E-state index in [9.17, 15) is 0 Å². The number of hydrogen-bond acceptors (Lipinski definition) is 1. The van der Waals surface area contributed by atoms with E-state index in [0.717, 1.165) is 0 Å². The molecule has 0 atom stereocenters. The van der Waals surface area contributed by atoms with E-state index in [1.54, 1.807) is 0 Å². The Labute approximate surface area is 91.4 Å². The molecule has 14 heavy (non-hydrogen) atoms. The van der Waals surface area contributed by atoms with E-state index in [4.69, 9.17) is 0 Å². The Morgan fingerprint density at radius 3 is 2.43 bits per heavy atom. The molecule has 1 heteroatoms. The zero-order valence-electron chi connectivity index (χ0n) is 9.21. The lowest BCUT2D eigenvalue weighted by molar-refractivity contribution is 1.11. The maximum atomic E-state index is 2.22. The number of benzene rings is 1. The second-order valence-corrected chi connectivity index (χ2v) is 4.50. The molecule has 0 amide bonds. The number of hydrogen-bond donors (Lipinski definition) is 0. The van der Waals surface area contributed by atoms with Gasteiger partial charge in [-0.1, -0.05) is 42.8 Å². The fourth-order valence-corrected chi connectivity index (χ4v) is 2.16. The van der Waals surface area contributed by atoms with Gasteiger partial charge in [0.05, 0.1) is 0 Å². The molecule has 0 unspecified atom stereocenters. The van der Waals surface area contributed by atoms with Crippen molar-refractivity contribution >= 4 is 16.7 Å². The Bertz CT molecular complexity index is 296. The molecule has 0 aliphatic heterocycles. The third-order valence-corrected chi connectivity index (χ3v) is 3.45. The summed E-state index contributed by atoms with van der Waals surface area (Å²) in [6.45, 7) is 6.45. The highest BCUT2D eigenvalue weighted by Crippen LogP contribution is 2.27. The van der Waals surface area contributed by atoms with E-state index < -0.39 is 0 Å². The van der Waals surface area contributed by atoms with Gasteiger partial charge in [0.2, 0.25) is 0 Å². The molecule has 76 valence electrons. The molecule has 0 heterocycles. The van der Waals surface area contributed by atoms with Crippen LogP contribution < -0.4 is 0 Å². The van der Waals surface area contributed by atoms with Gasteiger partial charge in [0.25, 0.3) is 0 Å². The number of thioether (sulfide) groups is 1. The summed E-state index contributed by atoms with van der Waals surface area (Å²) in [6.07, 6.45) is 3.43. The van der Waals surface area contributed by atoms with Gasteiger partial charge in [0.15, 0.2) is 0 Å². The summed E-state index contributed by atoms with van der Waals surface area (Å²) >= 11 is 1.94. The Morgan fingerprint density at radius 2 is 1.93 bits per heavy atom. The van der Waals surface area contributed by atoms with E-state index >= 15 is 0 Å². The smallest absolute Gasteiger partial charge is 0.0102 e. The van der Waals surface area contributed by atoms with Crippen LogP contribution in [0.5, 0.6) is 0 Å². The fourth-order valence-electron chi connectivity index (χ4n) is 1.26. The van der Waals surface area contributed by atoms with E-state index in [2.05, 4.69) is 51.1 Å². The van der Waals surface area contributed by atoms with E-state index in [0.29, 0.717) is 0 Å². The maximum absolute atomic E-state index is 2.22. The Balaban J connectivity index is 2.75. The third kappa shape index (κ3) is 3.22. The fraction of sp³-hybridized carbons (Fsp3) is 0.385. The van der Waals surface area contributed by atoms with Crippen LogP contribution >= 0.6 is 11.8 Å². The largest absolute Gasteiger partial charge is 0.126 e. The monoisotopic (exact) mass is 206 g/mol. The molecule has 0 nitrogen and oxygen atoms in total. The minimum Gasteiger partial charge on any atom is -0.126 e. The van der Waals surface area contributed by atoms with Crippen LogP contribution in [-0.4, -0.2) is 5.75 Å². The van der Waals surface area contributed by atoms with Crippen LogP contribution in [0.2, 0.25) is 0 Å². The van der Waals surface area contributed by atoms with E-state index in [-0.39, 0.29) is 0 Å². The first-order valence-corrected chi connectivity index (χ1v) is 6.12. The summed E-state index contributed by atoms with van der Waals surface area (Å²) in [6, 6.07) is 8.75. The standard InChI is InChI=1S/C13H18S/c1-4-10-14-13(5-2)12-8-6-11(3)7-9-12/h5-9H,4,10H2,1-3H3/b13-5-. The minimum atomic E-state index is 1.20. The van der Waals surface area contributed by atoms with Crippen molar-refractivity contribution in [1.82, 2.24) is 0 Å². The van der Waals surface area contributed by atoms with Crippen molar-refractivity contribution < 1.29 is 0 Å². The van der Waals surface area contributed by atoms with Crippen molar-refractivity contribution in [1.29, 1.82) is 0 Å². The van der Waals surface area contributed by atoms with Gasteiger partial charge < -0.3 is 0 Å². The lowest BCUT2D eigenvalue weighted by Crippen LogP contribution is -1.82. The van der Waals surface area contributed by atoms with Gasteiger partial charge in [-0.3, -0.25) is 0 Å². The highest BCUT2D eigenvalue weighted by Gasteiger charge is 1.99. The first-order chi connectivity index (χ1) is 6.77. The first kappa shape index (κ1) is 11.4. The van der Waals surface area contributed by atoms with Crippen molar-refractivity contribution in [2.24, 2.45) is 0 Å². The summed E-state index contributed by atoms with van der Waals surface area (Å²) in [5.41, 5.74) is 2.67.